The van der Waals surface area contributed by atoms with Gasteiger partial charge in [0, 0.05) is 25.9 Å². The molecule has 0 amide bonds. The van der Waals surface area contributed by atoms with Crippen LogP contribution in [0.5, 0.6) is 0 Å². The normalized spacial score (nSPS) is 10.5. The first-order valence-electron chi connectivity index (χ1n) is 5.01. The van der Waals surface area contributed by atoms with Gasteiger partial charge in [-0.25, -0.2) is 4.79 Å². The summed E-state index contributed by atoms with van der Waals surface area (Å²) in [4.78, 5) is 23.0. The molecule has 4 nitrogen and oxygen atoms in total. The summed E-state index contributed by atoms with van der Waals surface area (Å²) in [6, 6.07) is 1.42. The van der Waals surface area contributed by atoms with Crippen molar-refractivity contribution in [1.29, 1.82) is 0 Å². The van der Waals surface area contributed by atoms with Crippen molar-refractivity contribution in [2.24, 2.45) is 7.05 Å². The molecule has 0 N–H and O–H groups in total. The fourth-order valence-electron chi connectivity index (χ4n) is 1.29. The van der Waals surface area contributed by atoms with Gasteiger partial charge < -0.3 is 4.57 Å². The standard InChI is InChI=1S/C10H16N2O2S/c1-3-15-8-4-6-12-9(13)5-7-11(2)10(12)14/h5,7H,3-4,6,8H2,1-2H3. The molecule has 0 bridgehead atoms. The second-order valence-electron chi connectivity index (χ2n) is 3.25. The van der Waals surface area contributed by atoms with Crippen molar-refractivity contribution in [3.63, 3.8) is 0 Å². The summed E-state index contributed by atoms with van der Waals surface area (Å²) in [7, 11) is 1.65. The van der Waals surface area contributed by atoms with Gasteiger partial charge in [-0.2, -0.15) is 11.8 Å². The van der Waals surface area contributed by atoms with E-state index in [1.807, 2.05) is 11.8 Å². The van der Waals surface area contributed by atoms with Gasteiger partial charge in [0.2, 0.25) is 0 Å². The van der Waals surface area contributed by atoms with Gasteiger partial charge in [-0.05, 0) is 17.9 Å². The summed E-state index contributed by atoms with van der Waals surface area (Å²) in [6.07, 6.45) is 2.36. The molecule has 84 valence electrons. The third-order valence-corrected chi connectivity index (χ3v) is 3.10. The van der Waals surface area contributed by atoms with Crippen LogP contribution in [0.15, 0.2) is 21.9 Å². The largest absolute Gasteiger partial charge is 0.330 e. The molecule has 0 aliphatic heterocycles. The van der Waals surface area contributed by atoms with Crippen molar-refractivity contribution in [3.8, 4) is 0 Å². The molecule has 5 heteroatoms. The van der Waals surface area contributed by atoms with Crippen LogP contribution in [-0.2, 0) is 13.6 Å². The van der Waals surface area contributed by atoms with E-state index >= 15 is 0 Å². The van der Waals surface area contributed by atoms with Gasteiger partial charge >= 0.3 is 5.69 Å². The average Bonchev–Trinajstić information content (AvgIpc) is 2.23. The zero-order valence-electron chi connectivity index (χ0n) is 9.10. The molecular formula is C10H16N2O2S. The summed E-state index contributed by atoms with van der Waals surface area (Å²) in [5.41, 5.74) is -0.441. The maximum Gasteiger partial charge on any atom is 0.330 e. The van der Waals surface area contributed by atoms with Crippen molar-refractivity contribution in [2.45, 2.75) is 19.9 Å². The third kappa shape index (κ3) is 3.27. The minimum atomic E-state index is -0.232. The molecule has 0 fully saturated rings. The molecule has 0 saturated carbocycles. The van der Waals surface area contributed by atoms with Crippen LogP contribution >= 0.6 is 11.8 Å². The summed E-state index contributed by atoms with van der Waals surface area (Å²) in [5, 5.41) is 0. The highest BCUT2D eigenvalue weighted by Crippen LogP contribution is 2.00. The van der Waals surface area contributed by atoms with E-state index in [2.05, 4.69) is 6.92 Å². The highest BCUT2D eigenvalue weighted by Gasteiger charge is 2.01. The minimum absolute atomic E-state index is 0.209. The fraction of sp³-hybridized carbons (Fsp3) is 0.600. The van der Waals surface area contributed by atoms with Crippen LogP contribution < -0.4 is 11.2 Å². The Morgan fingerprint density at radius 2 is 2.13 bits per heavy atom. The van der Waals surface area contributed by atoms with E-state index in [1.54, 1.807) is 7.05 Å². The average molecular weight is 228 g/mol. The topological polar surface area (TPSA) is 44.0 Å². The molecule has 1 heterocycles. The molecule has 0 unspecified atom stereocenters. The first-order chi connectivity index (χ1) is 7.16. The molecule has 0 aliphatic carbocycles. The Bertz CT molecular complexity index is 422. The Kier molecular flexibility index (Phi) is 4.68. The Hall–Kier alpha value is -0.970. The van der Waals surface area contributed by atoms with Crippen LogP contribution in [-0.4, -0.2) is 20.6 Å². The number of thioether (sulfide) groups is 1. The lowest BCUT2D eigenvalue weighted by Crippen LogP contribution is -2.38. The second kappa shape index (κ2) is 5.80. The Morgan fingerprint density at radius 3 is 2.80 bits per heavy atom. The predicted octanol–water partition coefficient (Wildman–Crippen LogP) is 0.690. The summed E-state index contributed by atoms with van der Waals surface area (Å²) in [5.74, 6) is 2.06. The molecule has 0 spiro atoms. The summed E-state index contributed by atoms with van der Waals surface area (Å²) in [6.45, 7) is 2.61. The lowest BCUT2D eigenvalue weighted by atomic mass is 10.4. The van der Waals surface area contributed by atoms with Crippen molar-refractivity contribution >= 4 is 11.8 Å². The molecule has 0 atom stereocenters. The maximum absolute atomic E-state index is 11.6. The minimum Gasteiger partial charge on any atom is -0.303 e. The summed E-state index contributed by atoms with van der Waals surface area (Å²) >= 11 is 1.82. The number of hydrogen-bond acceptors (Lipinski definition) is 3. The van der Waals surface area contributed by atoms with E-state index in [0.717, 1.165) is 17.9 Å². The fourth-order valence-corrected chi connectivity index (χ4v) is 1.91. The van der Waals surface area contributed by atoms with E-state index < -0.39 is 0 Å². The van der Waals surface area contributed by atoms with Crippen LogP contribution in [0.4, 0.5) is 0 Å². The van der Waals surface area contributed by atoms with Crippen molar-refractivity contribution in [3.05, 3.63) is 33.1 Å². The van der Waals surface area contributed by atoms with Crippen LogP contribution in [0.1, 0.15) is 13.3 Å². The first kappa shape index (κ1) is 12.1. The highest BCUT2D eigenvalue weighted by atomic mass is 32.2. The highest BCUT2D eigenvalue weighted by molar-refractivity contribution is 7.99. The third-order valence-electron chi connectivity index (χ3n) is 2.11. The van der Waals surface area contributed by atoms with Gasteiger partial charge in [-0.3, -0.25) is 9.36 Å². The summed E-state index contributed by atoms with van der Waals surface area (Å²) < 4.78 is 2.71. The molecule has 0 radical (unpaired) electrons. The number of aryl methyl sites for hydroxylation is 1. The van der Waals surface area contributed by atoms with E-state index in [0.29, 0.717) is 6.54 Å². The lowest BCUT2D eigenvalue weighted by molar-refractivity contribution is 0.583. The molecule has 15 heavy (non-hydrogen) atoms. The van der Waals surface area contributed by atoms with E-state index in [9.17, 15) is 9.59 Å². The molecule has 0 aromatic carbocycles. The van der Waals surface area contributed by atoms with E-state index in [-0.39, 0.29) is 11.2 Å². The SMILES string of the molecule is CCSCCCn1c(=O)ccn(C)c1=O. The van der Waals surface area contributed by atoms with E-state index in [1.165, 1.54) is 21.4 Å². The van der Waals surface area contributed by atoms with Crippen molar-refractivity contribution in [2.75, 3.05) is 11.5 Å². The molecule has 1 rings (SSSR count). The Balaban J connectivity index is 2.72. The maximum atomic E-state index is 11.6. The number of hydrogen-bond donors (Lipinski definition) is 0. The van der Waals surface area contributed by atoms with Crippen LogP contribution in [0.3, 0.4) is 0 Å². The van der Waals surface area contributed by atoms with Gasteiger partial charge in [-0.15, -0.1) is 0 Å². The quantitative estimate of drug-likeness (QED) is 0.696. The predicted molar refractivity (Wildman–Crippen MR) is 63.6 cm³/mol. The molecule has 0 saturated heterocycles. The number of nitrogens with zero attached hydrogens (tertiary/aromatic N) is 2. The monoisotopic (exact) mass is 228 g/mol. The lowest BCUT2D eigenvalue weighted by Gasteiger charge is -2.05. The van der Waals surface area contributed by atoms with Gasteiger partial charge in [-0.1, -0.05) is 6.92 Å². The molecule has 0 aliphatic rings. The first-order valence-corrected chi connectivity index (χ1v) is 6.16. The zero-order chi connectivity index (χ0) is 11.3. The molecular weight excluding hydrogens is 212 g/mol. The Morgan fingerprint density at radius 1 is 1.40 bits per heavy atom. The number of rotatable bonds is 5. The van der Waals surface area contributed by atoms with Gasteiger partial charge in [0.25, 0.3) is 5.56 Å². The second-order valence-corrected chi connectivity index (χ2v) is 4.64. The van der Waals surface area contributed by atoms with Crippen molar-refractivity contribution in [1.82, 2.24) is 9.13 Å². The van der Waals surface area contributed by atoms with Gasteiger partial charge in [0.15, 0.2) is 0 Å². The Labute approximate surface area is 92.9 Å². The van der Waals surface area contributed by atoms with Crippen LogP contribution in [0.25, 0.3) is 0 Å². The van der Waals surface area contributed by atoms with Crippen molar-refractivity contribution < 1.29 is 0 Å². The molecule has 1 aromatic rings. The number of aromatic nitrogens is 2. The molecule has 1 aromatic heterocycles. The zero-order valence-corrected chi connectivity index (χ0v) is 9.92. The van der Waals surface area contributed by atoms with E-state index in [4.69, 9.17) is 0 Å². The smallest absolute Gasteiger partial charge is 0.303 e. The van der Waals surface area contributed by atoms with Gasteiger partial charge in [0.1, 0.15) is 0 Å². The van der Waals surface area contributed by atoms with Crippen LogP contribution in [0.2, 0.25) is 0 Å². The van der Waals surface area contributed by atoms with Crippen LogP contribution in [0, 0.1) is 0 Å². The van der Waals surface area contributed by atoms with Gasteiger partial charge in [0.05, 0.1) is 0 Å².